The highest BCUT2D eigenvalue weighted by molar-refractivity contribution is 8.23. The Bertz CT molecular complexity index is 3110. The third-order valence-electron chi connectivity index (χ3n) is 16.4. The summed E-state index contributed by atoms with van der Waals surface area (Å²) < 4.78 is 8.65. The van der Waals surface area contributed by atoms with E-state index in [1.54, 1.807) is 35.3 Å². The summed E-state index contributed by atoms with van der Waals surface area (Å²) in [4.78, 5) is 60.0. The van der Waals surface area contributed by atoms with Crippen molar-refractivity contribution in [3.05, 3.63) is 143 Å². The summed E-state index contributed by atoms with van der Waals surface area (Å²) in [6, 6.07) is 38.1. The van der Waals surface area contributed by atoms with E-state index in [4.69, 9.17) is 41.4 Å². The SMILES string of the molecule is C.C.CCCOc1cc2c(cc1C)C(=O)N1CCC[C@H]1C=N2.CN1CCN(C(=S)SCCC(C#N)(c2ccccc2)c2ccccc2)CC1.CSC(=S)N1CCN(C)CC1.CSC(=S)N1CCN(CCN2C(=O)c3cccc4cccc(c34)C2=O)CC1. The Labute approximate surface area is 547 Å². The number of imide groups is 1. The van der Waals surface area contributed by atoms with Crippen molar-refractivity contribution in [1.29, 1.82) is 5.26 Å². The van der Waals surface area contributed by atoms with Gasteiger partial charge in [-0.3, -0.25) is 29.2 Å². The number of hydrogen-bond acceptors (Lipinski definition) is 15. The number of hydrogen-bond donors (Lipinski definition) is 0. The Hall–Kier alpha value is -5.47. The van der Waals surface area contributed by atoms with Gasteiger partial charge in [-0.15, -0.1) is 23.5 Å². The Morgan fingerprint density at radius 1 is 0.655 bits per heavy atom. The first-order valence-corrected chi connectivity index (χ1v) is 34.1. The molecule has 14 nitrogen and oxygen atoms in total. The minimum absolute atomic E-state index is 0. The van der Waals surface area contributed by atoms with Crippen LogP contribution in [0.5, 0.6) is 5.75 Å². The molecule has 0 saturated carbocycles. The van der Waals surface area contributed by atoms with Crippen LogP contribution in [0, 0.1) is 18.3 Å². The molecule has 4 fully saturated rings. The van der Waals surface area contributed by atoms with Crippen LogP contribution < -0.4 is 4.74 Å². The maximum Gasteiger partial charge on any atom is 0.261 e. The van der Waals surface area contributed by atoms with Gasteiger partial charge in [-0.2, -0.15) is 5.26 Å². The Balaban J connectivity index is 0.000000191. The number of aryl methyl sites for hydroxylation is 1. The van der Waals surface area contributed by atoms with E-state index in [0.717, 1.165) is 168 Å². The zero-order chi connectivity index (χ0) is 60.5. The van der Waals surface area contributed by atoms with E-state index in [9.17, 15) is 19.6 Å². The number of carbonyl (C=O) groups is 3. The average Bonchev–Trinajstić information content (AvgIpc) is 1.41. The van der Waals surface area contributed by atoms with E-state index in [-0.39, 0.29) is 38.6 Å². The van der Waals surface area contributed by atoms with Crippen molar-refractivity contribution in [3.63, 3.8) is 0 Å². The van der Waals surface area contributed by atoms with Gasteiger partial charge in [0, 0.05) is 133 Å². The lowest BCUT2D eigenvalue weighted by atomic mass is 9.74. The van der Waals surface area contributed by atoms with Gasteiger partial charge < -0.3 is 34.1 Å². The number of ether oxygens (including phenoxy) is 1. The highest BCUT2D eigenvalue weighted by atomic mass is 32.2. The van der Waals surface area contributed by atoms with Crippen LogP contribution in [-0.2, 0) is 5.41 Å². The fourth-order valence-electron chi connectivity index (χ4n) is 11.2. The number of benzene rings is 5. The van der Waals surface area contributed by atoms with Gasteiger partial charge in [0.25, 0.3) is 17.7 Å². The molecule has 5 aromatic carbocycles. The lowest BCUT2D eigenvalue weighted by molar-refractivity contribution is 0.0583. The Morgan fingerprint density at radius 2 is 1.17 bits per heavy atom. The van der Waals surface area contributed by atoms with Crippen molar-refractivity contribution >= 4 is 125 Å². The molecule has 1 atom stereocenters. The predicted octanol–water partition coefficient (Wildman–Crippen LogP) is 12.1. The monoisotopic (exact) mass is 1290 g/mol. The van der Waals surface area contributed by atoms with E-state index in [1.165, 1.54) is 4.90 Å². The molecule has 20 heteroatoms. The molecule has 466 valence electrons. The van der Waals surface area contributed by atoms with Gasteiger partial charge in [-0.25, -0.2) is 0 Å². The number of fused-ring (bicyclic) bond motifs is 2. The van der Waals surface area contributed by atoms with Crippen molar-refractivity contribution < 1.29 is 19.1 Å². The molecule has 5 aromatic rings. The smallest absolute Gasteiger partial charge is 0.261 e. The van der Waals surface area contributed by atoms with Gasteiger partial charge in [0.2, 0.25) is 0 Å². The summed E-state index contributed by atoms with van der Waals surface area (Å²) in [7, 11) is 4.30. The number of nitrogens with zero attached hydrogens (tertiary/aromatic N) is 10. The van der Waals surface area contributed by atoms with Crippen LogP contribution in [0.1, 0.15) is 95.2 Å². The van der Waals surface area contributed by atoms with E-state index in [1.807, 2.05) is 115 Å². The highest BCUT2D eigenvalue weighted by Gasteiger charge is 2.36. The second kappa shape index (κ2) is 34.5. The molecular weight excluding hydrogens is 1200 g/mol. The van der Waals surface area contributed by atoms with Gasteiger partial charge in [0.1, 0.15) is 24.1 Å². The molecule has 0 aromatic heterocycles. The highest BCUT2D eigenvalue weighted by Crippen LogP contribution is 2.38. The molecule has 3 amide bonds. The standard InChI is InChI=1S/C22H25N3S2.C20H21N3O2S2.C16H20N2O2.C7H14N2S2.2CH4/c1-24-13-15-25(16-14-24)21(26)27-17-12-22(18-23,19-8-4-2-5-9-19)20-10-6-3-7-11-20;1-27-20(26)22-11-8-21(9-12-22)10-13-23-18(24)15-6-2-4-14-5-3-7-16(17(14)15)19(23)25;1-3-7-20-15-9-14-13(8-11(15)2)16(19)18-6-4-5-12(18)10-17-14;1-8-3-5-9(6-4-8)7(10)11-2;;/h2-11H,12-17H2,1H3;2-7H,8-13H2,1H3;8-10,12H,3-7H2,1-2H3;3-6H2,1-2H3;2*1H4/t;;12-;;;/m..0.../s1. The lowest BCUT2D eigenvalue weighted by Gasteiger charge is -2.36. The van der Waals surface area contributed by atoms with Crippen molar-refractivity contribution in [3.8, 4) is 11.8 Å². The van der Waals surface area contributed by atoms with E-state index >= 15 is 0 Å². The molecule has 0 aliphatic carbocycles. The number of thiocarbonyl (C=S) groups is 3. The van der Waals surface area contributed by atoms with Crippen LogP contribution in [0.25, 0.3) is 10.8 Å². The minimum atomic E-state index is -0.646. The number of piperazine rings is 3. The molecule has 0 bridgehead atoms. The van der Waals surface area contributed by atoms with E-state index in [2.05, 4.69) is 85.7 Å². The van der Waals surface area contributed by atoms with Gasteiger partial charge in [-0.05, 0) is 99.5 Å². The molecule has 87 heavy (non-hydrogen) atoms. The summed E-state index contributed by atoms with van der Waals surface area (Å²) >= 11 is 21.2. The predicted molar refractivity (Wildman–Crippen MR) is 379 cm³/mol. The van der Waals surface area contributed by atoms with Crippen LogP contribution in [-0.4, -0.2) is 219 Å². The van der Waals surface area contributed by atoms with Crippen LogP contribution >= 0.6 is 71.9 Å². The number of amides is 3. The van der Waals surface area contributed by atoms with Crippen molar-refractivity contribution in [2.75, 3.05) is 137 Å². The normalized spacial score (nSPS) is 17.6. The molecule has 4 saturated heterocycles. The number of aliphatic imine (C=N–C) groups is 1. The Morgan fingerprint density at radius 3 is 1.68 bits per heavy atom. The van der Waals surface area contributed by atoms with Crippen molar-refractivity contribution in [2.24, 2.45) is 4.99 Å². The number of thioether (sulfide) groups is 3. The number of nitriles is 1. The zero-order valence-corrected chi connectivity index (χ0v) is 54.8. The molecule has 6 heterocycles. The van der Waals surface area contributed by atoms with Crippen LogP contribution in [0.15, 0.2) is 114 Å². The summed E-state index contributed by atoms with van der Waals surface area (Å²) in [5.74, 6) is 1.38. The van der Waals surface area contributed by atoms with Gasteiger partial charge in [0.15, 0.2) is 0 Å². The third kappa shape index (κ3) is 17.9. The summed E-state index contributed by atoms with van der Waals surface area (Å²) in [6.07, 6.45) is 9.73. The first-order valence-electron chi connectivity index (χ1n) is 29.4. The fraction of sp³-hybridized carbons (Fsp3) is 0.463. The molecule has 0 radical (unpaired) electrons. The van der Waals surface area contributed by atoms with Crippen LogP contribution in [0.3, 0.4) is 0 Å². The molecule has 11 rings (SSSR count). The molecule has 0 N–H and O–H groups in total. The summed E-state index contributed by atoms with van der Waals surface area (Å²) in [6.45, 7) is 18.8. The van der Waals surface area contributed by atoms with Crippen LogP contribution in [0.2, 0.25) is 0 Å². The second-order valence-electron chi connectivity index (χ2n) is 21.9. The van der Waals surface area contributed by atoms with Gasteiger partial charge in [-0.1, -0.05) is 155 Å². The number of carbonyl (C=O) groups excluding carboxylic acids is 3. The molecule has 0 spiro atoms. The van der Waals surface area contributed by atoms with E-state index in [0.29, 0.717) is 36.4 Å². The Kier molecular flexibility index (Phi) is 28.0. The van der Waals surface area contributed by atoms with Gasteiger partial charge in [0.05, 0.1) is 30.0 Å². The second-order valence-corrected chi connectivity index (χ2v) is 26.5. The number of likely N-dealkylation sites (N-methyl/N-ethyl adjacent to an activating group) is 2. The summed E-state index contributed by atoms with van der Waals surface area (Å²) in [5.41, 5.74) is 5.13. The third-order valence-corrected chi connectivity index (χ3v) is 20.6. The lowest BCUT2D eigenvalue weighted by Crippen LogP contribution is -2.51. The maximum absolute atomic E-state index is 12.9. The minimum Gasteiger partial charge on any atom is -0.493 e. The first kappa shape index (κ1) is 70.6. The largest absolute Gasteiger partial charge is 0.493 e. The van der Waals surface area contributed by atoms with E-state index < -0.39 is 5.41 Å². The zero-order valence-electron chi connectivity index (χ0n) is 50.0. The van der Waals surface area contributed by atoms with Crippen molar-refractivity contribution in [2.45, 2.75) is 65.8 Å². The molecule has 6 aliphatic rings. The van der Waals surface area contributed by atoms with Gasteiger partial charge >= 0.3 is 0 Å². The number of rotatable bonds is 11. The average molecular weight is 1290 g/mol. The fourth-order valence-corrected chi connectivity index (χ4v) is 13.9. The quantitative estimate of drug-likeness (QED) is 0.0920. The molecule has 0 unspecified atom stereocenters. The molecule has 6 aliphatic heterocycles. The topological polar surface area (TPSA) is 123 Å². The summed E-state index contributed by atoms with van der Waals surface area (Å²) in [5, 5.41) is 11.9. The van der Waals surface area contributed by atoms with Crippen molar-refractivity contribution in [1.82, 2.24) is 39.2 Å². The first-order chi connectivity index (χ1) is 41.2. The molecular formula is C67H88N10O4S6. The van der Waals surface area contributed by atoms with Crippen LogP contribution in [0.4, 0.5) is 5.69 Å². The maximum atomic E-state index is 12.9.